The maximum atomic E-state index is 14.3. The number of aromatic nitrogens is 1. The lowest BCUT2D eigenvalue weighted by Crippen LogP contribution is -2.41. The molecule has 1 atom stereocenters. The van der Waals surface area contributed by atoms with Crippen LogP contribution in [0.2, 0.25) is 0 Å². The Bertz CT molecular complexity index is 1710. The highest BCUT2D eigenvalue weighted by molar-refractivity contribution is 7.07. The molecule has 5 rings (SSSR count). The van der Waals surface area contributed by atoms with Gasteiger partial charge in [0.2, 0.25) is 0 Å². The second kappa shape index (κ2) is 11.2. The van der Waals surface area contributed by atoms with E-state index >= 15 is 0 Å². The molecule has 0 spiro atoms. The summed E-state index contributed by atoms with van der Waals surface area (Å²) in [5.41, 5.74) is 4.39. The van der Waals surface area contributed by atoms with Gasteiger partial charge in [-0.15, -0.1) is 6.58 Å². The van der Waals surface area contributed by atoms with Gasteiger partial charge >= 0.3 is 5.97 Å². The van der Waals surface area contributed by atoms with Gasteiger partial charge < -0.3 is 9.64 Å². The van der Waals surface area contributed by atoms with Crippen molar-refractivity contribution in [3.63, 3.8) is 0 Å². The van der Waals surface area contributed by atoms with E-state index in [1.807, 2.05) is 55.5 Å². The summed E-state index contributed by atoms with van der Waals surface area (Å²) < 4.78 is 7.37. The number of carbonyl (C=O) groups is 2. The maximum absolute atomic E-state index is 14.3. The molecule has 1 aromatic heterocycles. The summed E-state index contributed by atoms with van der Waals surface area (Å²) in [5.74, 6) is -0.395. The van der Waals surface area contributed by atoms with Gasteiger partial charge in [-0.2, -0.15) is 0 Å². The summed E-state index contributed by atoms with van der Waals surface area (Å²) >= 11 is 1.20. The number of benzene rings is 2. The van der Waals surface area contributed by atoms with Crippen LogP contribution >= 0.6 is 11.3 Å². The smallest absolute Gasteiger partial charge is 0.338 e. The minimum Gasteiger partial charge on any atom is -0.463 e. The largest absolute Gasteiger partial charge is 0.463 e. The van der Waals surface area contributed by atoms with Crippen molar-refractivity contribution in [3.05, 3.63) is 109 Å². The van der Waals surface area contributed by atoms with Gasteiger partial charge in [-0.3, -0.25) is 14.2 Å². The number of rotatable bonds is 8. The fraction of sp³-hybridized carbons (Fsp3) is 0.312. The van der Waals surface area contributed by atoms with Crippen LogP contribution in [0.5, 0.6) is 0 Å². The molecule has 0 N–H and O–H groups in total. The lowest BCUT2D eigenvalue weighted by molar-refractivity contribution is -0.139. The fourth-order valence-corrected chi connectivity index (χ4v) is 6.47. The third-order valence-electron chi connectivity index (χ3n) is 7.25. The van der Waals surface area contributed by atoms with Crippen LogP contribution in [0.25, 0.3) is 5.57 Å². The van der Waals surface area contributed by atoms with Gasteiger partial charge in [0.15, 0.2) is 4.80 Å². The number of thiazole rings is 1. The Labute approximate surface area is 237 Å². The first-order valence-corrected chi connectivity index (χ1v) is 14.5. The number of allylic oxidation sites excluding steroid dienone is 1. The average molecular weight is 556 g/mol. The molecule has 2 aliphatic rings. The van der Waals surface area contributed by atoms with E-state index in [9.17, 15) is 14.4 Å². The van der Waals surface area contributed by atoms with Crippen LogP contribution in [-0.2, 0) is 14.3 Å². The van der Waals surface area contributed by atoms with E-state index in [1.54, 1.807) is 22.5 Å². The van der Waals surface area contributed by atoms with Gasteiger partial charge in [-0.25, -0.2) is 9.79 Å². The van der Waals surface area contributed by atoms with Gasteiger partial charge in [0, 0.05) is 12.1 Å². The maximum Gasteiger partial charge on any atom is 0.338 e. The highest BCUT2D eigenvalue weighted by Crippen LogP contribution is 2.36. The molecular formula is C32H33N3O4S. The molecule has 2 aromatic carbocycles. The van der Waals surface area contributed by atoms with Crippen LogP contribution in [0.4, 0.5) is 5.69 Å². The minimum absolute atomic E-state index is 0.208. The van der Waals surface area contributed by atoms with Crippen molar-refractivity contribution in [1.29, 1.82) is 0 Å². The molecule has 8 heteroatoms. The van der Waals surface area contributed by atoms with Gasteiger partial charge in [0.1, 0.15) is 4.53 Å². The normalized spacial score (nSPS) is 17.6. The predicted molar refractivity (Wildman–Crippen MR) is 158 cm³/mol. The van der Waals surface area contributed by atoms with Crippen molar-refractivity contribution in [3.8, 4) is 0 Å². The highest BCUT2D eigenvalue weighted by atomic mass is 32.1. The third kappa shape index (κ3) is 4.56. The first-order valence-electron chi connectivity index (χ1n) is 13.7. The number of carbonyl (C=O) groups excluding carboxylic acids is 2. The first kappa shape index (κ1) is 27.5. The molecule has 0 aliphatic carbocycles. The number of ether oxygens (including phenoxy) is 1. The average Bonchev–Trinajstić information content (AvgIpc) is 3.41. The molecule has 0 bridgehead atoms. The van der Waals surface area contributed by atoms with Crippen molar-refractivity contribution in [2.45, 2.75) is 52.5 Å². The Morgan fingerprint density at radius 1 is 1.12 bits per heavy atom. The summed E-state index contributed by atoms with van der Waals surface area (Å²) in [6, 6.07) is 14.7. The summed E-state index contributed by atoms with van der Waals surface area (Å²) in [6.45, 7) is 12.4. The highest BCUT2D eigenvalue weighted by Gasteiger charge is 2.37. The van der Waals surface area contributed by atoms with Gasteiger partial charge in [0.25, 0.3) is 11.5 Å². The van der Waals surface area contributed by atoms with Crippen molar-refractivity contribution in [2.24, 2.45) is 4.99 Å². The van der Waals surface area contributed by atoms with E-state index in [0.717, 1.165) is 23.2 Å². The van der Waals surface area contributed by atoms with Crippen LogP contribution in [0, 0.1) is 0 Å². The molecule has 3 aromatic rings. The topological polar surface area (TPSA) is 81.0 Å². The van der Waals surface area contributed by atoms with Crippen molar-refractivity contribution >= 4 is 34.5 Å². The van der Waals surface area contributed by atoms with Crippen LogP contribution in [0.15, 0.2) is 82.2 Å². The number of hydrogen-bond acceptors (Lipinski definition) is 6. The molecule has 0 saturated heterocycles. The zero-order valence-corrected chi connectivity index (χ0v) is 24.1. The van der Waals surface area contributed by atoms with Crippen LogP contribution in [-0.4, -0.2) is 29.6 Å². The number of fused-ring (bicyclic) bond motifs is 2. The molecule has 0 radical (unpaired) electrons. The van der Waals surface area contributed by atoms with Crippen molar-refractivity contribution in [1.82, 2.24) is 4.57 Å². The quantitative estimate of drug-likeness (QED) is 0.301. The Hall–Kier alpha value is -4.04. The molecule has 1 amide bonds. The minimum atomic E-state index is -0.719. The zero-order valence-electron chi connectivity index (χ0n) is 23.3. The number of nitrogens with zero attached hydrogens (tertiary/aromatic N) is 3. The second-order valence-electron chi connectivity index (χ2n) is 10.2. The van der Waals surface area contributed by atoms with Gasteiger partial charge in [0.05, 0.1) is 35.2 Å². The summed E-state index contributed by atoms with van der Waals surface area (Å²) in [5, 5.41) is 0. The summed E-state index contributed by atoms with van der Waals surface area (Å²) in [4.78, 5) is 48.3. The molecule has 3 heterocycles. The Balaban J connectivity index is 1.82. The van der Waals surface area contributed by atoms with E-state index in [2.05, 4.69) is 20.4 Å². The lowest BCUT2D eigenvalue weighted by Gasteiger charge is -2.26. The molecule has 0 fully saturated rings. The zero-order chi connectivity index (χ0) is 28.6. The van der Waals surface area contributed by atoms with Crippen LogP contribution < -0.4 is 19.8 Å². The predicted octanol–water partition coefficient (Wildman–Crippen LogP) is 4.60. The molecular weight excluding hydrogens is 522 g/mol. The van der Waals surface area contributed by atoms with Crippen molar-refractivity contribution < 1.29 is 14.3 Å². The van der Waals surface area contributed by atoms with E-state index in [-0.39, 0.29) is 18.1 Å². The standard InChI is InChI=1S/C32H33N3O4S/c1-6-11-23-26(31(38)39-8-3)27(21-16-14-20(15-17-21)19(4)5)35-30(37)28(40-32(35)33-23)25-22-12-9-10-13-24(22)34(18-7-2)29(25)36/h7,9-10,12-17,19,27H,2,6,8,11,18H2,1,3-5H3/b28-25+/t27-/m1/s1. The molecule has 206 valence electrons. The SMILES string of the molecule is C=CCN1C(=O)/C(=c2/sc3n(c2=O)[C@H](c2ccc(C(C)C)cc2)C(C(=O)OCC)=C(CCC)N=3)c2ccccc21. The lowest BCUT2D eigenvalue weighted by atomic mass is 9.92. The Morgan fingerprint density at radius 3 is 2.50 bits per heavy atom. The molecule has 2 aliphatic heterocycles. The molecule has 40 heavy (non-hydrogen) atoms. The van der Waals surface area contributed by atoms with Crippen molar-refractivity contribution in [2.75, 3.05) is 18.1 Å². The van der Waals surface area contributed by atoms with Gasteiger partial charge in [-0.1, -0.05) is 87.1 Å². The van der Waals surface area contributed by atoms with E-state index in [0.29, 0.717) is 50.6 Å². The van der Waals surface area contributed by atoms with E-state index in [1.165, 1.54) is 11.3 Å². The Morgan fingerprint density at radius 2 is 1.85 bits per heavy atom. The monoisotopic (exact) mass is 555 g/mol. The van der Waals surface area contributed by atoms with Gasteiger partial charge in [-0.05, 0) is 36.5 Å². The van der Waals surface area contributed by atoms with Crippen LogP contribution in [0.3, 0.4) is 0 Å². The van der Waals surface area contributed by atoms with Crippen LogP contribution in [0.1, 0.15) is 69.2 Å². The Kier molecular flexibility index (Phi) is 7.72. The number of para-hydroxylation sites is 1. The second-order valence-corrected chi connectivity index (χ2v) is 11.1. The number of esters is 1. The van der Waals surface area contributed by atoms with E-state index in [4.69, 9.17) is 9.73 Å². The third-order valence-corrected chi connectivity index (χ3v) is 8.30. The number of anilines is 1. The fourth-order valence-electron chi connectivity index (χ4n) is 5.36. The first-order chi connectivity index (χ1) is 19.3. The summed E-state index contributed by atoms with van der Waals surface area (Å²) in [6.07, 6.45) is 2.99. The summed E-state index contributed by atoms with van der Waals surface area (Å²) in [7, 11) is 0. The molecule has 0 unspecified atom stereocenters. The number of amides is 1. The molecule has 7 nitrogen and oxygen atoms in total. The number of hydrogen-bond donors (Lipinski definition) is 0. The van der Waals surface area contributed by atoms with E-state index < -0.39 is 12.0 Å². The molecule has 0 saturated carbocycles.